The van der Waals surface area contributed by atoms with Crippen LogP contribution >= 0.6 is 0 Å². The summed E-state index contributed by atoms with van der Waals surface area (Å²) < 4.78 is 11.8. The molecule has 0 radical (unpaired) electrons. The molecule has 1 unspecified atom stereocenters. The minimum atomic E-state index is 0.0742. The molecule has 0 spiro atoms. The van der Waals surface area contributed by atoms with E-state index in [-0.39, 0.29) is 6.10 Å². The Morgan fingerprint density at radius 3 is 2.27 bits per heavy atom. The molecule has 3 nitrogen and oxygen atoms in total. The summed E-state index contributed by atoms with van der Waals surface area (Å²) in [5, 5.41) is 3.40. The highest BCUT2D eigenvalue weighted by Crippen LogP contribution is 2.19. The van der Waals surface area contributed by atoms with Gasteiger partial charge in [0.25, 0.3) is 0 Å². The molecule has 0 heterocycles. The Morgan fingerprint density at radius 1 is 0.846 bits per heavy atom. The largest absolute Gasteiger partial charge is 0.489 e. The second-order valence-electron chi connectivity index (χ2n) is 6.37. The molecule has 3 aromatic rings. The van der Waals surface area contributed by atoms with Crippen LogP contribution in [0.15, 0.2) is 78.9 Å². The van der Waals surface area contributed by atoms with Crippen molar-refractivity contribution in [2.24, 2.45) is 0 Å². The van der Waals surface area contributed by atoms with Gasteiger partial charge in [-0.3, -0.25) is 0 Å². The lowest BCUT2D eigenvalue weighted by atomic mass is 10.2. The van der Waals surface area contributed by atoms with Crippen LogP contribution in [0.1, 0.15) is 18.1 Å². The standard InChI is InChI=1S/C23H25NO2/c1-18-8-6-7-11-23(18)26-19(2)16-24-21-12-14-22(15-13-21)25-17-20-9-4-3-5-10-20/h3-15,19,24H,16-17H2,1-2H3. The van der Waals surface area contributed by atoms with Gasteiger partial charge in [0.05, 0.1) is 6.54 Å². The second kappa shape index (κ2) is 8.95. The Balaban J connectivity index is 1.46. The van der Waals surface area contributed by atoms with E-state index in [9.17, 15) is 0 Å². The number of hydrogen-bond acceptors (Lipinski definition) is 3. The maximum Gasteiger partial charge on any atom is 0.122 e. The fourth-order valence-electron chi connectivity index (χ4n) is 2.62. The zero-order chi connectivity index (χ0) is 18.2. The molecule has 0 aliphatic carbocycles. The van der Waals surface area contributed by atoms with Gasteiger partial charge >= 0.3 is 0 Å². The van der Waals surface area contributed by atoms with E-state index in [4.69, 9.17) is 9.47 Å². The molecule has 0 fully saturated rings. The first kappa shape index (κ1) is 17.9. The Bertz CT molecular complexity index is 800. The number of nitrogens with one attached hydrogen (secondary N) is 1. The number of rotatable bonds is 8. The summed E-state index contributed by atoms with van der Waals surface area (Å²) in [6, 6.07) is 26.3. The number of benzene rings is 3. The third-order valence-electron chi connectivity index (χ3n) is 4.12. The summed E-state index contributed by atoms with van der Waals surface area (Å²) in [6.45, 7) is 5.44. The molecule has 0 saturated carbocycles. The van der Waals surface area contributed by atoms with E-state index in [2.05, 4.69) is 37.4 Å². The molecule has 26 heavy (non-hydrogen) atoms. The summed E-state index contributed by atoms with van der Waals surface area (Å²) >= 11 is 0. The summed E-state index contributed by atoms with van der Waals surface area (Å²) in [7, 11) is 0. The normalized spacial score (nSPS) is 11.6. The van der Waals surface area contributed by atoms with Gasteiger partial charge < -0.3 is 14.8 Å². The first-order valence-corrected chi connectivity index (χ1v) is 8.93. The smallest absolute Gasteiger partial charge is 0.122 e. The van der Waals surface area contributed by atoms with Gasteiger partial charge in [0.15, 0.2) is 0 Å². The highest BCUT2D eigenvalue weighted by atomic mass is 16.5. The molecular formula is C23H25NO2. The molecule has 0 aliphatic rings. The van der Waals surface area contributed by atoms with Gasteiger partial charge in [0.2, 0.25) is 0 Å². The predicted molar refractivity (Wildman–Crippen MR) is 107 cm³/mol. The first-order valence-electron chi connectivity index (χ1n) is 8.93. The van der Waals surface area contributed by atoms with E-state index < -0.39 is 0 Å². The van der Waals surface area contributed by atoms with Crippen molar-refractivity contribution >= 4 is 5.69 Å². The number of anilines is 1. The monoisotopic (exact) mass is 347 g/mol. The minimum absolute atomic E-state index is 0.0742. The number of hydrogen-bond donors (Lipinski definition) is 1. The molecule has 0 saturated heterocycles. The molecule has 1 N–H and O–H groups in total. The van der Waals surface area contributed by atoms with Crippen molar-refractivity contribution < 1.29 is 9.47 Å². The lowest BCUT2D eigenvalue weighted by Gasteiger charge is -2.17. The molecule has 0 aliphatic heterocycles. The van der Waals surface area contributed by atoms with E-state index in [1.165, 1.54) is 0 Å². The van der Waals surface area contributed by atoms with E-state index in [1.54, 1.807) is 0 Å². The van der Waals surface area contributed by atoms with Crippen LogP contribution in [0, 0.1) is 6.92 Å². The van der Waals surface area contributed by atoms with Crippen LogP contribution in [-0.4, -0.2) is 12.6 Å². The molecule has 0 amide bonds. The van der Waals surface area contributed by atoms with E-state index in [0.29, 0.717) is 6.61 Å². The van der Waals surface area contributed by atoms with Gasteiger partial charge in [0.1, 0.15) is 24.2 Å². The van der Waals surface area contributed by atoms with Crippen molar-refractivity contribution in [3.8, 4) is 11.5 Å². The zero-order valence-corrected chi connectivity index (χ0v) is 15.3. The van der Waals surface area contributed by atoms with Gasteiger partial charge in [-0.15, -0.1) is 0 Å². The molecule has 1 atom stereocenters. The van der Waals surface area contributed by atoms with Crippen LogP contribution < -0.4 is 14.8 Å². The lowest BCUT2D eigenvalue weighted by molar-refractivity contribution is 0.233. The van der Waals surface area contributed by atoms with Crippen molar-refractivity contribution in [3.05, 3.63) is 90.0 Å². The van der Waals surface area contributed by atoms with Crippen molar-refractivity contribution in [2.75, 3.05) is 11.9 Å². The average Bonchev–Trinajstić information content (AvgIpc) is 2.68. The van der Waals surface area contributed by atoms with Crippen LogP contribution in [-0.2, 0) is 6.61 Å². The topological polar surface area (TPSA) is 30.5 Å². The summed E-state index contributed by atoms with van der Waals surface area (Å²) in [5.74, 6) is 1.80. The Labute approximate surface area is 155 Å². The van der Waals surface area contributed by atoms with Gasteiger partial charge in [-0.25, -0.2) is 0 Å². The Hall–Kier alpha value is -2.94. The van der Waals surface area contributed by atoms with E-state index >= 15 is 0 Å². The zero-order valence-electron chi connectivity index (χ0n) is 15.3. The lowest BCUT2D eigenvalue weighted by Crippen LogP contribution is -2.22. The van der Waals surface area contributed by atoms with Crippen LogP contribution in [0.2, 0.25) is 0 Å². The molecule has 0 aromatic heterocycles. The van der Waals surface area contributed by atoms with Gasteiger partial charge in [0, 0.05) is 5.69 Å². The average molecular weight is 347 g/mol. The van der Waals surface area contributed by atoms with Crippen LogP contribution in [0.4, 0.5) is 5.69 Å². The highest BCUT2D eigenvalue weighted by molar-refractivity contribution is 5.46. The van der Waals surface area contributed by atoms with Gasteiger partial charge in [-0.1, -0.05) is 48.5 Å². The van der Waals surface area contributed by atoms with Crippen molar-refractivity contribution in [1.82, 2.24) is 0 Å². The van der Waals surface area contributed by atoms with Crippen molar-refractivity contribution in [2.45, 2.75) is 26.6 Å². The van der Waals surface area contributed by atoms with Crippen LogP contribution in [0.5, 0.6) is 11.5 Å². The maximum absolute atomic E-state index is 5.99. The predicted octanol–water partition coefficient (Wildman–Crippen LogP) is 5.45. The number of para-hydroxylation sites is 1. The van der Waals surface area contributed by atoms with Gasteiger partial charge in [-0.05, 0) is 55.3 Å². The fraction of sp³-hybridized carbons (Fsp3) is 0.217. The quantitative estimate of drug-likeness (QED) is 0.587. The third kappa shape index (κ3) is 5.28. The molecular weight excluding hydrogens is 322 g/mol. The minimum Gasteiger partial charge on any atom is -0.489 e. The van der Waals surface area contributed by atoms with E-state index in [0.717, 1.165) is 34.9 Å². The maximum atomic E-state index is 5.99. The number of aryl methyl sites for hydroxylation is 1. The third-order valence-corrected chi connectivity index (χ3v) is 4.12. The Morgan fingerprint density at radius 2 is 1.54 bits per heavy atom. The molecule has 3 rings (SSSR count). The van der Waals surface area contributed by atoms with Gasteiger partial charge in [-0.2, -0.15) is 0 Å². The first-order chi connectivity index (χ1) is 12.7. The van der Waals surface area contributed by atoms with Crippen LogP contribution in [0.25, 0.3) is 0 Å². The summed E-state index contributed by atoms with van der Waals surface area (Å²) in [5.41, 5.74) is 3.37. The van der Waals surface area contributed by atoms with Crippen molar-refractivity contribution in [3.63, 3.8) is 0 Å². The summed E-state index contributed by atoms with van der Waals surface area (Å²) in [4.78, 5) is 0. The van der Waals surface area contributed by atoms with Crippen molar-refractivity contribution in [1.29, 1.82) is 0 Å². The SMILES string of the molecule is Cc1ccccc1OC(C)CNc1ccc(OCc2ccccc2)cc1. The fourth-order valence-corrected chi connectivity index (χ4v) is 2.62. The second-order valence-corrected chi connectivity index (χ2v) is 6.37. The molecule has 134 valence electrons. The summed E-state index contributed by atoms with van der Waals surface area (Å²) in [6.07, 6.45) is 0.0742. The van der Waals surface area contributed by atoms with E-state index in [1.807, 2.05) is 60.7 Å². The highest BCUT2D eigenvalue weighted by Gasteiger charge is 2.06. The molecule has 3 heteroatoms. The van der Waals surface area contributed by atoms with Crippen LogP contribution in [0.3, 0.4) is 0 Å². The number of ether oxygens (including phenoxy) is 2. The Kier molecular flexibility index (Phi) is 6.15. The molecule has 3 aromatic carbocycles. The molecule has 0 bridgehead atoms.